The molecule has 156 valence electrons. The number of carbonyl (C=O) groups excluding carboxylic acids is 1. The maximum atomic E-state index is 13.9. The summed E-state index contributed by atoms with van der Waals surface area (Å²) in [7, 11) is 1.69. The van der Waals surface area contributed by atoms with Crippen molar-refractivity contribution in [3.63, 3.8) is 0 Å². The zero-order valence-corrected chi connectivity index (χ0v) is 18.2. The number of carbonyl (C=O) groups is 1. The summed E-state index contributed by atoms with van der Waals surface area (Å²) in [5.74, 6) is -1.71. The zero-order chi connectivity index (χ0) is 22.8. The maximum Gasteiger partial charge on any atom is 0.239 e. The van der Waals surface area contributed by atoms with Crippen molar-refractivity contribution in [3.8, 4) is 18.2 Å². The summed E-state index contributed by atoms with van der Waals surface area (Å²) in [6.07, 6.45) is 3.17. The molecule has 1 amide bonds. The highest BCUT2D eigenvalue weighted by Gasteiger charge is 2.70. The van der Waals surface area contributed by atoms with Crippen LogP contribution >= 0.6 is 0 Å². The summed E-state index contributed by atoms with van der Waals surface area (Å²) < 4.78 is 0. The fraction of sp³-hybridized carbons (Fsp3) is 0.480. The molecule has 6 heteroatoms. The van der Waals surface area contributed by atoms with Gasteiger partial charge in [-0.3, -0.25) is 4.79 Å². The van der Waals surface area contributed by atoms with E-state index >= 15 is 0 Å². The molecular weight excluding hydrogens is 386 g/mol. The molecule has 3 aliphatic rings. The number of allylic oxidation sites excluding steroid dienone is 2. The van der Waals surface area contributed by atoms with Gasteiger partial charge in [-0.1, -0.05) is 45.0 Å². The van der Waals surface area contributed by atoms with Crippen molar-refractivity contribution in [1.82, 2.24) is 0 Å². The second kappa shape index (κ2) is 6.53. The third kappa shape index (κ3) is 2.35. The smallest absolute Gasteiger partial charge is 0.239 e. The summed E-state index contributed by atoms with van der Waals surface area (Å²) >= 11 is 0. The maximum absolute atomic E-state index is 13.9. The summed E-state index contributed by atoms with van der Waals surface area (Å²) in [6.45, 7) is 6.44. The van der Waals surface area contributed by atoms with Gasteiger partial charge in [0.1, 0.15) is 11.3 Å². The Hall–Kier alpha value is -3.43. The number of benzene rings is 1. The highest BCUT2D eigenvalue weighted by atomic mass is 16.2. The van der Waals surface area contributed by atoms with E-state index in [1.807, 2.05) is 30.3 Å². The van der Waals surface area contributed by atoms with E-state index in [9.17, 15) is 20.6 Å². The average Bonchev–Trinajstić information content (AvgIpc) is 2.97. The number of rotatable bonds is 0. The van der Waals surface area contributed by atoms with Gasteiger partial charge in [-0.2, -0.15) is 15.8 Å². The molecule has 0 unspecified atom stereocenters. The van der Waals surface area contributed by atoms with Crippen molar-refractivity contribution in [2.24, 2.45) is 28.6 Å². The third-order valence-corrected chi connectivity index (χ3v) is 7.71. The number of likely N-dealkylation sites (N-methyl/N-ethyl adjacent to an activating group) is 1. The standard InChI is InChI=1S/C25H25N5O/c1-23(2,3)15-9-10-16-18(11-15)25(19(12-26)21(29)24(16,13-27)14-28)17-7-5-6-8-20(17)30(4)22(25)31/h5-8,10,15,18-19,29H,9,11H2,1-4H3/t15-,18+,19-,25+/m1/s1. The fourth-order valence-corrected chi connectivity index (χ4v) is 5.95. The minimum absolute atomic E-state index is 0.0503. The molecule has 6 nitrogen and oxygen atoms in total. The van der Waals surface area contributed by atoms with Crippen molar-refractivity contribution in [2.75, 3.05) is 11.9 Å². The normalized spacial score (nSPS) is 31.2. The van der Waals surface area contributed by atoms with Gasteiger partial charge >= 0.3 is 0 Å². The number of nitrogens with zero attached hydrogens (tertiary/aromatic N) is 4. The summed E-state index contributed by atoms with van der Waals surface area (Å²) in [5.41, 5.74) is -1.48. The topological polar surface area (TPSA) is 116 Å². The van der Waals surface area contributed by atoms with Gasteiger partial charge in [0.15, 0.2) is 0 Å². The lowest BCUT2D eigenvalue weighted by molar-refractivity contribution is -0.126. The van der Waals surface area contributed by atoms with E-state index in [0.717, 1.165) is 5.69 Å². The van der Waals surface area contributed by atoms with Crippen LogP contribution in [0.1, 0.15) is 39.2 Å². The van der Waals surface area contributed by atoms with Crippen molar-refractivity contribution < 1.29 is 4.79 Å². The molecule has 1 saturated carbocycles. The summed E-state index contributed by atoms with van der Waals surface area (Å²) in [4.78, 5) is 15.5. The Labute approximate surface area is 182 Å². The fourth-order valence-electron chi connectivity index (χ4n) is 5.95. The first kappa shape index (κ1) is 20.8. The summed E-state index contributed by atoms with van der Waals surface area (Å²) in [5, 5.41) is 39.3. The molecule has 4 atom stereocenters. The Bertz CT molecular complexity index is 1140. The molecule has 1 aromatic carbocycles. The van der Waals surface area contributed by atoms with Gasteiger partial charge in [-0.05, 0) is 41.4 Å². The lowest BCUT2D eigenvalue weighted by atomic mass is 9.45. The Balaban J connectivity index is 2.09. The van der Waals surface area contributed by atoms with Crippen LogP contribution in [0, 0.1) is 68.0 Å². The van der Waals surface area contributed by atoms with Crippen LogP contribution in [0.4, 0.5) is 5.69 Å². The monoisotopic (exact) mass is 411 g/mol. The molecule has 4 rings (SSSR count). The number of para-hydroxylation sites is 1. The first-order chi connectivity index (χ1) is 14.6. The summed E-state index contributed by atoms with van der Waals surface area (Å²) in [6, 6.07) is 13.7. The van der Waals surface area contributed by atoms with E-state index in [-0.39, 0.29) is 23.0 Å². The Morgan fingerprint density at radius 2 is 1.81 bits per heavy atom. The van der Waals surface area contributed by atoms with Crippen LogP contribution < -0.4 is 4.90 Å². The number of nitrogens with one attached hydrogen (secondary N) is 1. The van der Waals surface area contributed by atoms with Crippen LogP contribution in [-0.4, -0.2) is 18.7 Å². The molecular formula is C25H25N5O. The number of anilines is 1. The van der Waals surface area contributed by atoms with E-state index in [1.165, 1.54) is 0 Å². The van der Waals surface area contributed by atoms with Crippen molar-refractivity contribution >= 4 is 17.3 Å². The van der Waals surface area contributed by atoms with Gasteiger partial charge < -0.3 is 10.3 Å². The van der Waals surface area contributed by atoms with Gasteiger partial charge in [-0.15, -0.1) is 0 Å². The quantitative estimate of drug-likeness (QED) is 0.647. The third-order valence-electron chi connectivity index (χ3n) is 7.71. The molecule has 0 aromatic heterocycles. The second-order valence-electron chi connectivity index (χ2n) is 9.95. The Morgan fingerprint density at radius 1 is 1.16 bits per heavy atom. The molecule has 2 aliphatic carbocycles. The van der Waals surface area contributed by atoms with E-state index in [2.05, 4.69) is 39.0 Å². The highest BCUT2D eigenvalue weighted by Crippen LogP contribution is 2.63. The minimum Gasteiger partial charge on any atom is -0.314 e. The van der Waals surface area contributed by atoms with Crippen LogP contribution in [0.5, 0.6) is 0 Å². The predicted octanol–water partition coefficient (Wildman–Crippen LogP) is 4.11. The molecule has 1 aromatic rings. The SMILES string of the molecule is CN1C(=O)[C@]2(c3ccccc31)[C@H](C#N)C(=N)C(C#N)(C#N)C1=CC[C@@H](C(C)(C)C)C[C@@H]12. The number of hydrogen-bond acceptors (Lipinski definition) is 5. The first-order valence-corrected chi connectivity index (χ1v) is 10.5. The van der Waals surface area contributed by atoms with Crippen molar-refractivity contribution in [3.05, 3.63) is 41.5 Å². The molecule has 31 heavy (non-hydrogen) atoms. The molecule has 1 N–H and O–H groups in total. The van der Waals surface area contributed by atoms with Crippen LogP contribution in [0.3, 0.4) is 0 Å². The van der Waals surface area contributed by atoms with Crippen LogP contribution in [0.25, 0.3) is 0 Å². The number of hydrogen-bond donors (Lipinski definition) is 1. The number of nitriles is 3. The van der Waals surface area contributed by atoms with Crippen molar-refractivity contribution in [1.29, 1.82) is 21.2 Å². The van der Waals surface area contributed by atoms with Crippen LogP contribution in [-0.2, 0) is 10.2 Å². The largest absolute Gasteiger partial charge is 0.314 e. The van der Waals surface area contributed by atoms with E-state index in [0.29, 0.717) is 24.0 Å². The zero-order valence-electron chi connectivity index (χ0n) is 18.2. The number of fused-ring (bicyclic) bond motifs is 4. The molecule has 1 fully saturated rings. The van der Waals surface area contributed by atoms with Crippen molar-refractivity contribution in [2.45, 2.75) is 39.0 Å². The Morgan fingerprint density at radius 3 is 2.39 bits per heavy atom. The van der Waals surface area contributed by atoms with E-state index in [4.69, 9.17) is 5.41 Å². The van der Waals surface area contributed by atoms with Crippen LogP contribution in [0.15, 0.2) is 35.9 Å². The van der Waals surface area contributed by atoms with Crippen LogP contribution in [0.2, 0.25) is 0 Å². The molecule has 0 saturated heterocycles. The molecule has 0 radical (unpaired) electrons. The van der Waals surface area contributed by atoms with Gasteiger partial charge in [0.05, 0.1) is 23.9 Å². The number of amides is 1. The Kier molecular flexibility index (Phi) is 4.39. The van der Waals surface area contributed by atoms with Gasteiger partial charge in [0, 0.05) is 18.7 Å². The lowest BCUT2D eigenvalue weighted by Gasteiger charge is -2.53. The highest BCUT2D eigenvalue weighted by molar-refractivity contribution is 6.15. The molecule has 1 heterocycles. The predicted molar refractivity (Wildman–Crippen MR) is 116 cm³/mol. The molecule has 1 spiro atoms. The molecule has 0 bridgehead atoms. The lowest BCUT2D eigenvalue weighted by Crippen LogP contribution is -2.62. The van der Waals surface area contributed by atoms with Gasteiger partial charge in [-0.25, -0.2) is 0 Å². The minimum atomic E-state index is -1.81. The van der Waals surface area contributed by atoms with Gasteiger partial charge in [0.2, 0.25) is 11.3 Å². The van der Waals surface area contributed by atoms with E-state index < -0.39 is 22.7 Å². The molecule has 1 aliphatic heterocycles. The first-order valence-electron chi connectivity index (χ1n) is 10.5. The van der Waals surface area contributed by atoms with Gasteiger partial charge in [0.25, 0.3) is 0 Å². The van der Waals surface area contributed by atoms with E-state index in [1.54, 1.807) is 11.9 Å². The second-order valence-corrected chi connectivity index (χ2v) is 9.95. The average molecular weight is 412 g/mol.